The second kappa shape index (κ2) is 5.29. The van der Waals surface area contributed by atoms with Crippen molar-refractivity contribution < 1.29 is 4.39 Å². The quantitative estimate of drug-likeness (QED) is 0.694. The molecule has 2 N–H and O–H groups in total. The van der Waals surface area contributed by atoms with Crippen molar-refractivity contribution >= 4 is 32.5 Å². The molecule has 0 spiro atoms. The third-order valence-electron chi connectivity index (χ3n) is 3.37. The number of benzene rings is 2. The lowest BCUT2D eigenvalue weighted by Crippen LogP contribution is -2.01. The van der Waals surface area contributed by atoms with Crippen LogP contribution in [0.25, 0.3) is 10.9 Å². The molecular formula is C16H14BrFN2. The van der Waals surface area contributed by atoms with Gasteiger partial charge in [0.25, 0.3) is 0 Å². The first-order valence-electron chi connectivity index (χ1n) is 6.39. The van der Waals surface area contributed by atoms with E-state index < -0.39 is 0 Å². The number of nitrogens with one attached hydrogen (secondary N) is 2. The van der Waals surface area contributed by atoms with Crippen LogP contribution in [0.2, 0.25) is 0 Å². The van der Waals surface area contributed by atoms with Crippen LogP contribution in [-0.4, -0.2) is 4.98 Å². The number of halogens is 2. The fourth-order valence-electron chi connectivity index (χ4n) is 2.24. The molecule has 0 saturated carbocycles. The van der Waals surface area contributed by atoms with Gasteiger partial charge in [0.1, 0.15) is 5.82 Å². The van der Waals surface area contributed by atoms with Gasteiger partial charge in [-0.15, -0.1) is 0 Å². The molecule has 0 atom stereocenters. The van der Waals surface area contributed by atoms with Crippen LogP contribution in [0.3, 0.4) is 0 Å². The first-order valence-corrected chi connectivity index (χ1v) is 7.18. The highest BCUT2D eigenvalue weighted by Crippen LogP contribution is 2.25. The summed E-state index contributed by atoms with van der Waals surface area (Å²) >= 11 is 3.21. The highest BCUT2D eigenvalue weighted by molar-refractivity contribution is 9.10. The zero-order valence-electron chi connectivity index (χ0n) is 11.0. The smallest absolute Gasteiger partial charge is 0.137 e. The number of hydrogen-bond donors (Lipinski definition) is 2. The Morgan fingerprint density at radius 1 is 1.20 bits per heavy atom. The third kappa shape index (κ3) is 2.56. The van der Waals surface area contributed by atoms with Crippen LogP contribution in [0, 0.1) is 12.7 Å². The summed E-state index contributed by atoms with van der Waals surface area (Å²) in [5.41, 5.74) is 4.14. The summed E-state index contributed by atoms with van der Waals surface area (Å²) in [4.78, 5) is 3.20. The van der Waals surface area contributed by atoms with E-state index in [0.717, 1.165) is 16.8 Å². The molecule has 2 aromatic carbocycles. The van der Waals surface area contributed by atoms with Gasteiger partial charge in [0, 0.05) is 23.9 Å². The lowest BCUT2D eigenvalue weighted by molar-refractivity contribution is 0.620. The van der Waals surface area contributed by atoms with Crippen LogP contribution in [-0.2, 0) is 6.54 Å². The molecule has 0 aliphatic rings. The topological polar surface area (TPSA) is 27.8 Å². The zero-order chi connectivity index (χ0) is 14.1. The average Bonchev–Trinajstić information content (AvgIpc) is 2.89. The van der Waals surface area contributed by atoms with Gasteiger partial charge in [-0.2, -0.15) is 0 Å². The predicted octanol–water partition coefficient (Wildman–Crippen LogP) is 4.99. The average molecular weight is 333 g/mol. The minimum absolute atomic E-state index is 0.235. The van der Waals surface area contributed by atoms with Crippen LogP contribution in [0.5, 0.6) is 0 Å². The number of aromatic amines is 1. The second-order valence-corrected chi connectivity index (χ2v) is 5.69. The largest absolute Gasteiger partial charge is 0.381 e. The number of hydrogen-bond acceptors (Lipinski definition) is 1. The van der Waals surface area contributed by atoms with Gasteiger partial charge in [-0.3, -0.25) is 0 Å². The highest BCUT2D eigenvalue weighted by Gasteiger charge is 2.05. The molecule has 2 nitrogen and oxygen atoms in total. The molecule has 0 unspecified atom stereocenters. The number of aromatic nitrogens is 1. The summed E-state index contributed by atoms with van der Waals surface area (Å²) in [6.07, 6.45) is 1.93. The van der Waals surface area contributed by atoms with E-state index in [1.165, 1.54) is 17.0 Å². The van der Waals surface area contributed by atoms with Gasteiger partial charge in [-0.25, -0.2) is 4.39 Å². The first kappa shape index (κ1) is 13.2. The van der Waals surface area contributed by atoms with Gasteiger partial charge in [0.05, 0.1) is 4.47 Å². The van der Waals surface area contributed by atoms with Gasteiger partial charge in [-0.05, 0) is 63.6 Å². The maximum absolute atomic E-state index is 13.4. The number of aryl methyl sites for hydroxylation is 1. The molecule has 0 radical (unpaired) electrons. The molecule has 3 rings (SSSR count). The molecule has 0 aliphatic carbocycles. The van der Waals surface area contributed by atoms with E-state index in [4.69, 9.17) is 0 Å². The maximum Gasteiger partial charge on any atom is 0.137 e. The molecule has 3 aromatic rings. The summed E-state index contributed by atoms with van der Waals surface area (Å²) in [6.45, 7) is 2.60. The Kier molecular flexibility index (Phi) is 3.49. The normalized spacial score (nSPS) is 10.9. The van der Waals surface area contributed by atoms with Crippen LogP contribution in [0.4, 0.5) is 10.1 Å². The molecule has 0 saturated heterocycles. The van der Waals surface area contributed by atoms with Gasteiger partial charge in [0.15, 0.2) is 0 Å². The maximum atomic E-state index is 13.4. The van der Waals surface area contributed by atoms with Gasteiger partial charge in [-0.1, -0.05) is 12.1 Å². The van der Waals surface area contributed by atoms with Crippen LogP contribution in [0.1, 0.15) is 11.1 Å². The lowest BCUT2D eigenvalue weighted by Gasteiger charge is -2.11. The Bertz CT molecular complexity index is 764. The van der Waals surface area contributed by atoms with E-state index in [1.54, 1.807) is 6.07 Å². The molecule has 0 bridgehead atoms. The number of rotatable bonds is 3. The number of H-pyrrole nitrogens is 1. The number of anilines is 1. The van der Waals surface area contributed by atoms with Crippen molar-refractivity contribution in [2.45, 2.75) is 13.5 Å². The Hall–Kier alpha value is -1.81. The molecule has 102 valence electrons. The summed E-state index contributed by atoms with van der Waals surface area (Å²) in [7, 11) is 0. The van der Waals surface area contributed by atoms with Crippen molar-refractivity contribution in [1.82, 2.24) is 4.98 Å². The fraction of sp³-hybridized carbons (Fsp3) is 0.125. The lowest BCUT2D eigenvalue weighted by atomic mass is 10.1. The van der Waals surface area contributed by atoms with Gasteiger partial charge < -0.3 is 10.3 Å². The fourth-order valence-corrected chi connectivity index (χ4v) is 2.58. The summed E-state index contributed by atoms with van der Waals surface area (Å²) in [5.74, 6) is -0.235. The van der Waals surface area contributed by atoms with Crippen molar-refractivity contribution in [2.75, 3.05) is 5.32 Å². The SMILES string of the molecule is Cc1cc(F)c(Br)cc1NCc1ccc2cc[nH]c2c1. The summed E-state index contributed by atoms with van der Waals surface area (Å²) < 4.78 is 13.9. The predicted molar refractivity (Wildman–Crippen MR) is 84.5 cm³/mol. The van der Waals surface area contributed by atoms with Crippen molar-refractivity contribution in [1.29, 1.82) is 0 Å². The van der Waals surface area contributed by atoms with E-state index in [9.17, 15) is 4.39 Å². The Balaban J connectivity index is 1.80. The Morgan fingerprint density at radius 3 is 2.90 bits per heavy atom. The van der Waals surface area contributed by atoms with E-state index >= 15 is 0 Å². The van der Waals surface area contributed by atoms with E-state index in [1.807, 2.05) is 19.2 Å². The standard InChI is InChI=1S/C16H14BrFN2/c1-10-6-14(18)13(17)8-15(10)20-9-11-2-3-12-4-5-19-16(12)7-11/h2-8,19-20H,9H2,1H3. The third-order valence-corrected chi connectivity index (χ3v) is 3.98. The molecule has 0 aliphatic heterocycles. The van der Waals surface area contributed by atoms with Crippen molar-refractivity contribution in [3.63, 3.8) is 0 Å². The Morgan fingerprint density at radius 2 is 2.05 bits per heavy atom. The van der Waals surface area contributed by atoms with Crippen molar-refractivity contribution in [3.8, 4) is 0 Å². The van der Waals surface area contributed by atoms with E-state index in [-0.39, 0.29) is 5.82 Å². The minimum Gasteiger partial charge on any atom is -0.381 e. The van der Waals surface area contributed by atoms with Crippen LogP contribution >= 0.6 is 15.9 Å². The second-order valence-electron chi connectivity index (χ2n) is 4.83. The monoisotopic (exact) mass is 332 g/mol. The Labute approximate surface area is 125 Å². The molecule has 4 heteroatoms. The molecule has 20 heavy (non-hydrogen) atoms. The van der Waals surface area contributed by atoms with Crippen molar-refractivity contribution in [2.24, 2.45) is 0 Å². The van der Waals surface area contributed by atoms with E-state index in [2.05, 4.69) is 44.4 Å². The molecular weight excluding hydrogens is 319 g/mol. The molecule has 1 aromatic heterocycles. The first-order chi connectivity index (χ1) is 9.63. The van der Waals surface area contributed by atoms with Gasteiger partial charge in [0.2, 0.25) is 0 Å². The summed E-state index contributed by atoms with van der Waals surface area (Å²) in [6, 6.07) is 11.7. The minimum atomic E-state index is -0.235. The van der Waals surface area contributed by atoms with Crippen LogP contribution in [0.15, 0.2) is 47.1 Å². The van der Waals surface area contributed by atoms with E-state index in [0.29, 0.717) is 11.0 Å². The zero-order valence-corrected chi connectivity index (χ0v) is 12.6. The van der Waals surface area contributed by atoms with Crippen molar-refractivity contribution in [3.05, 3.63) is 64.0 Å². The molecule has 0 fully saturated rings. The molecule has 1 heterocycles. The summed E-state index contributed by atoms with van der Waals surface area (Å²) in [5, 5.41) is 4.55. The molecule has 0 amide bonds. The van der Waals surface area contributed by atoms with Crippen LogP contribution < -0.4 is 5.32 Å². The highest BCUT2D eigenvalue weighted by atomic mass is 79.9. The number of fused-ring (bicyclic) bond motifs is 1. The van der Waals surface area contributed by atoms with Gasteiger partial charge >= 0.3 is 0 Å².